The van der Waals surface area contributed by atoms with E-state index in [1.165, 1.54) is 0 Å². The molecule has 3 nitrogen and oxygen atoms in total. The van der Waals surface area contributed by atoms with E-state index in [4.69, 9.17) is 9.90 Å². The number of carbonyl (C=O) groups is 1. The third-order valence-electron chi connectivity index (χ3n) is 0. The predicted octanol–water partition coefficient (Wildman–Crippen LogP) is 0.0949. The summed E-state index contributed by atoms with van der Waals surface area (Å²) in [6.45, 7) is 0. The van der Waals surface area contributed by atoms with E-state index in [1.54, 1.807) is 0 Å². The zero-order valence-corrected chi connectivity index (χ0v) is 5.40. The SMILES string of the molecule is O=[C](O)[Ce+2].[O-2]. The molecule has 0 radical (unpaired) electrons. The Balaban J connectivity index is 0. The van der Waals surface area contributed by atoms with Gasteiger partial charge < -0.3 is 5.48 Å². The molecule has 0 amide bonds. The van der Waals surface area contributed by atoms with Gasteiger partial charge in [0.15, 0.2) is 0 Å². The minimum Gasteiger partial charge on any atom is -2.00 e. The molecule has 0 bridgehead atoms. The molecule has 0 atom stereocenters. The van der Waals surface area contributed by atoms with E-state index in [-0.39, 0.29) is 45.1 Å². The van der Waals surface area contributed by atoms with Crippen LogP contribution in [-0.4, -0.2) is 6.59 Å². The monoisotopic (exact) mass is 201 g/mol. The fourth-order valence-corrected chi connectivity index (χ4v) is 0. The maximum atomic E-state index is 9.06. The molecule has 0 aliphatic heterocycles. The standard InChI is InChI=1S/CHO2.Ce.O/c2-1-3;;/h(H,2,3);;/q;+2;-2. The molecule has 0 rings (SSSR count). The van der Waals surface area contributed by atoms with Crippen molar-refractivity contribution in [3.05, 3.63) is 0 Å². The second kappa shape index (κ2) is 4.81. The van der Waals surface area contributed by atoms with E-state index < -0.39 is 1.49 Å². The molecule has 0 aliphatic rings. The van der Waals surface area contributed by atoms with Crippen LogP contribution in [0.5, 0.6) is 0 Å². The zero-order valence-electron chi connectivity index (χ0n) is 2.26. The second-order valence-corrected chi connectivity index (χ2v) is 1.65. The number of hydrogen-bond acceptors (Lipinski definition) is 1. The first kappa shape index (κ1) is 9.26. The van der Waals surface area contributed by atoms with Gasteiger partial charge in [-0.2, -0.15) is 0 Å². The van der Waals surface area contributed by atoms with Crippen molar-refractivity contribution < 1.29 is 55.0 Å². The molecule has 5 heavy (non-hydrogen) atoms. The van der Waals surface area contributed by atoms with E-state index in [1.807, 2.05) is 0 Å². The summed E-state index contributed by atoms with van der Waals surface area (Å²) in [6, 6.07) is 0. The largest absolute Gasteiger partial charge is 2.00 e. The van der Waals surface area contributed by atoms with Crippen LogP contribution >= 0.6 is 0 Å². The van der Waals surface area contributed by atoms with Crippen LogP contribution in [0.15, 0.2) is 0 Å². The summed E-state index contributed by atoms with van der Waals surface area (Å²) in [5.74, 6) is 0. The quantitative estimate of drug-likeness (QED) is 0.603. The summed E-state index contributed by atoms with van der Waals surface area (Å²) >= 11 is 0.265. The molecule has 0 aromatic heterocycles. The second-order valence-electron chi connectivity index (χ2n) is 0.305. The molecule has 0 saturated heterocycles. The van der Waals surface area contributed by atoms with Crippen molar-refractivity contribution in [2.45, 2.75) is 0 Å². The molecular formula is CHCeO3. The maximum Gasteiger partial charge on any atom is -2.00 e. The first-order chi connectivity index (χ1) is 1.73. The molecule has 0 heterocycles. The Morgan fingerprint density at radius 1 is 1.80 bits per heavy atom. The summed E-state index contributed by atoms with van der Waals surface area (Å²) in [6.07, 6.45) is 0. The Morgan fingerprint density at radius 3 is 1.80 bits per heavy atom. The van der Waals surface area contributed by atoms with Crippen LogP contribution in [0.3, 0.4) is 0 Å². The first-order valence-electron chi connectivity index (χ1n) is 0.678. The molecule has 0 aromatic carbocycles. The van der Waals surface area contributed by atoms with Crippen LogP contribution in [0.1, 0.15) is 0 Å². The van der Waals surface area contributed by atoms with Crippen LogP contribution in [0.4, 0.5) is 4.79 Å². The van der Waals surface area contributed by atoms with E-state index >= 15 is 0 Å². The molecule has 0 spiro atoms. The van der Waals surface area contributed by atoms with Crippen LogP contribution in [-0.2, 0) is 5.48 Å². The van der Waals surface area contributed by atoms with Gasteiger partial charge in [-0.15, -0.1) is 0 Å². The van der Waals surface area contributed by atoms with Crippen molar-refractivity contribution in [1.82, 2.24) is 0 Å². The normalized spacial score (nSPS) is 5.20. The number of carboxylic acid groups (broad SMARTS) is 1. The Bertz CT molecular complexity index is 29.9. The summed E-state index contributed by atoms with van der Waals surface area (Å²) in [5.41, 5.74) is 0. The van der Waals surface area contributed by atoms with Gasteiger partial charge in [0.25, 0.3) is 0 Å². The third kappa shape index (κ3) is 58.2. The van der Waals surface area contributed by atoms with Crippen molar-refractivity contribution in [2.75, 3.05) is 0 Å². The average Bonchev–Trinajstić information content (AvgIpc) is 0.811. The van der Waals surface area contributed by atoms with Crippen molar-refractivity contribution in [1.29, 1.82) is 0 Å². The zero-order chi connectivity index (χ0) is 3.58. The van der Waals surface area contributed by atoms with Gasteiger partial charge in [-0.3, -0.25) is 0 Å². The molecule has 0 fully saturated rings. The van der Waals surface area contributed by atoms with Crippen molar-refractivity contribution >= 4 is 1.49 Å². The van der Waals surface area contributed by atoms with Gasteiger partial charge >= 0.3 is 51.0 Å². The van der Waals surface area contributed by atoms with Gasteiger partial charge in [0.2, 0.25) is 0 Å². The van der Waals surface area contributed by atoms with E-state index in [2.05, 4.69) is 0 Å². The van der Waals surface area contributed by atoms with Crippen molar-refractivity contribution in [2.24, 2.45) is 0 Å². The van der Waals surface area contributed by atoms with Crippen LogP contribution in [0, 0.1) is 39.6 Å². The predicted molar refractivity (Wildman–Crippen MR) is 8.71 cm³/mol. The van der Waals surface area contributed by atoms with E-state index in [0.717, 1.165) is 0 Å². The Hall–Kier alpha value is 0.807. The van der Waals surface area contributed by atoms with Gasteiger partial charge in [0.05, 0.1) is 0 Å². The molecular weight excluding hydrogens is 200 g/mol. The van der Waals surface area contributed by atoms with Gasteiger partial charge in [-0.25, -0.2) is 0 Å². The number of hydrogen-bond donors (Lipinski definition) is 1. The van der Waals surface area contributed by atoms with E-state index in [0.29, 0.717) is 0 Å². The van der Waals surface area contributed by atoms with Gasteiger partial charge in [-0.1, -0.05) is 0 Å². The minimum absolute atomic E-state index is 0. The summed E-state index contributed by atoms with van der Waals surface area (Å²) < 4.78 is -0.694. The molecule has 0 saturated carbocycles. The van der Waals surface area contributed by atoms with Gasteiger partial charge in [0.1, 0.15) is 0 Å². The Kier molecular flexibility index (Phi) is 8.90. The van der Waals surface area contributed by atoms with Gasteiger partial charge in [-0.05, 0) is 0 Å². The molecule has 27 valence electrons. The molecule has 4 heteroatoms. The maximum absolute atomic E-state index is 9.06. The van der Waals surface area contributed by atoms with Crippen LogP contribution in [0.25, 0.3) is 0 Å². The molecule has 0 aliphatic carbocycles. The number of rotatable bonds is 0. The molecule has 1 N–H and O–H groups in total. The minimum atomic E-state index is -0.694. The topological polar surface area (TPSA) is 65.8 Å². The van der Waals surface area contributed by atoms with Crippen LogP contribution in [0.2, 0.25) is 0 Å². The van der Waals surface area contributed by atoms with Gasteiger partial charge in [0, 0.05) is 0 Å². The van der Waals surface area contributed by atoms with Crippen LogP contribution < -0.4 is 0 Å². The summed E-state index contributed by atoms with van der Waals surface area (Å²) in [7, 11) is 0. The van der Waals surface area contributed by atoms with Crippen molar-refractivity contribution in [3.8, 4) is 0 Å². The Labute approximate surface area is 56.0 Å². The summed E-state index contributed by atoms with van der Waals surface area (Å²) in [4.78, 5) is 9.06. The average molecular weight is 201 g/mol. The van der Waals surface area contributed by atoms with Crippen molar-refractivity contribution in [3.63, 3.8) is 0 Å². The third-order valence-corrected chi connectivity index (χ3v) is 0. The summed E-state index contributed by atoms with van der Waals surface area (Å²) in [5, 5.41) is 7.48. The fraction of sp³-hybridized carbons (Fsp3) is 0. The first-order valence-corrected chi connectivity index (χ1v) is 2.25. The Morgan fingerprint density at radius 2 is 1.80 bits per heavy atom. The molecule has 0 unspecified atom stereocenters. The molecule has 0 aromatic rings. The fourth-order valence-electron chi connectivity index (χ4n) is 0. The smallest absolute Gasteiger partial charge is 2.00 e. The van der Waals surface area contributed by atoms with E-state index in [9.17, 15) is 0 Å².